The molecule has 27 heavy (non-hydrogen) atoms. The average molecular weight is 394 g/mol. The standard InChI is InChI=1S/C22H39N3OS/c1-14-8-4-5-9-17(14)12-25-16(3)21(15(2)24-25)23-22(26)19-13-27-20-11-7-6-10-18(19)20/h14-21,24H,4-13H2,1-3H3,(H,23,26). The minimum atomic E-state index is 0.226. The quantitative estimate of drug-likeness (QED) is 0.762. The number of rotatable bonds is 4. The molecule has 2 heterocycles. The summed E-state index contributed by atoms with van der Waals surface area (Å²) in [6.45, 7) is 8.08. The van der Waals surface area contributed by atoms with Crippen molar-refractivity contribution >= 4 is 17.7 Å². The molecule has 154 valence electrons. The van der Waals surface area contributed by atoms with Crippen molar-refractivity contribution < 1.29 is 4.79 Å². The maximum atomic E-state index is 13.1. The molecule has 4 nitrogen and oxygen atoms in total. The fourth-order valence-electron chi connectivity index (χ4n) is 6.14. The predicted molar refractivity (Wildman–Crippen MR) is 114 cm³/mol. The molecule has 4 rings (SSSR count). The summed E-state index contributed by atoms with van der Waals surface area (Å²) in [4.78, 5) is 13.1. The molecule has 0 spiro atoms. The van der Waals surface area contributed by atoms with Gasteiger partial charge >= 0.3 is 0 Å². The topological polar surface area (TPSA) is 44.4 Å². The highest BCUT2D eigenvalue weighted by molar-refractivity contribution is 8.00. The molecule has 8 atom stereocenters. The van der Waals surface area contributed by atoms with Gasteiger partial charge in [0.2, 0.25) is 5.91 Å². The van der Waals surface area contributed by atoms with Crippen LogP contribution in [0.15, 0.2) is 0 Å². The van der Waals surface area contributed by atoms with Crippen LogP contribution in [-0.4, -0.2) is 46.6 Å². The Balaban J connectivity index is 1.34. The van der Waals surface area contributed by atoms with Crippen molar-refractivity contribution in [2.75, 3.05) is 12.3 Å². The molecular formula is C22H39N3OS. The molecule has 4 aliphatic rings. The summed E-state index contributed by atoms with van der Waals surface area (Å²) >= 11 is 2.06. The van der Waals surface area contributed by atoms with Crippen LogP contribution in [0.3, 0.4) is 0 Å². The van der Waals surface area contributed by atoms with Gasteiger partial charge in [-0.15, -0.1) is 0 Å². The van der Waals surface area contributed by atoms with Crippen molar-refractivity contribution in [2.45, 2.75) is 95.5 Å². The van der Waals surface area contributed by atoms with Crippen molar-refractivity contribution in [2.24, 2.45) is 23.7 Å². The van der Waals surface area contributed by atoms with Crippen LogP contribution in [0.4, 0.5) is 0 Å². The first-order valence-electron chi connectivity index (χ1n) is 11.5. The molecule has 0 aromatic carbocycles. The summed E-state index contributed by atoms with van der Waals surface area (Å²) in [7, 11) is 0. The van der Waals surface area contributed by atoms with Gasteiger partial charge in [-0.2, -0.15) is 11.8 Å². The normalized spacial score (nSPS) is 45.6. The molecule has 8 unspecified atom stereocenters. The molecule has 2 saturated carbocycles. The van der Waals surface area contributed by atoms with Gasteiger partial charge in [-0.25, -0.2) is 10.4 Å². The van der Waals surface area contributed by atoms with E-state index in [4.69, 9.17) is 0 Å². The van der Waals surface area contributed by atoms with E-state index in [-0.39, 0.29) is 12.0 Å². The predicted octanol–water partition coefficient (Wildman–Crippen LogP) is 3.82. The number of nitrogens with one attached hydrogen (secondary N) is 2. The fraction of sp³-hybridized carbons (Fsp3) is 0.955. The van der Waals surface area contributed by atoms with E-state index in [2.05, 4.69) is 48.3 Å². The van der Waals surface area contributed by atoms with E-state index in [0.717, 1.165) is 29.4 Å². The minimum absolute atomic E-state index is 0.226. The van der Waals surface area contributed by atoms with Gasteiger partial charge in [-0.05, 0) is 50.9 Å². The van der Waals surface area contributed by atoms with Gasteiger partial charge < -0.3 is 5.32 Å². The van der Waals surface area contributed by atoms with Crippen LogP contribution in [-0.2, 0) is 4.79 Å². The van der Waals surface area contributed by atoms with Crippen LogP contribution in [0.25, 0.3) is 0 Å². The van der Waals surface area contributed by atoms with E-state index in [9.17, 15) is 4.79 Å². The van der Waals surface area contributed by atoms with Gasteiger partial charge in [0.05, 0.1) is 12.0 Å². The molecule has 0 aromatic rings. The third-order valence-corrected chi connectivity index (χ3v) is 9.61. The number of hydrogen-bond acceptors (Lipinski definition) is 4. The summed E-state index contributed by atoms with van der Waals surface area (Å²) < 4.78 is 0. The zero-order chi connectivity index (χ0) is 19.0. The Morgan fingerprint density at radius 3 is 2.63 bits per heavy atom. The van der Waals surface area contributed by atoms with Crippen LogP contribution in [0, 0.1) is 23.7 Å². The highest BCUT2D eigenvalue weighted by atomic mass is 32.2. The van der Waals surface area contributed by atoms with E-state index in [1.807, 2.05) is 0 Å². The summed E-state index contributed by atoms with van der Waals surface area (Å²) in [5.41, 5.74) is 3.69. The third kappa shape index (κ3) is 4.20. The summed E-state index contributed by atoms with van der Waals surface area (Å²) in [6, 6.07) is 0.914. The van der Waals surface area contributed by atoms with Gasteiger partial charge in [0.1, 0.15) is 0 Å². The lowest BCUT2D eigenvalue weighted by Crippen LogP contribution is -2.50. The molecule has 0 aromatic heterocycles. The van der Waals surface area contributed by atoms with Crippen LogP contribution in [0.5, 0.6) is 0 Å². The third-order valence-electron chi connectivity index (χ3n) is 8.05. The number of hydrazine groups is 1. The van der Waals surface area contributed by atoms with E-state index < -0.39 is 0 Å². The van der Waals surface area contributed by atoms with Gasteiger partial charge in [-0.1, -0.05) is 39.0 Å². The zero-order valence-electron chi connectivity index (χ0n) is 17.5. The summed E-state index contributed by atoms with van der Waals surface area (Å²) in [5.74, 6) is 3.86. The lowest BCUT2D eigenvalue weighted by Gasteiger charge is -2.34. The van der Waals surface area contributed by atoms with E-state index in [1.54, 1.807) is 0 Å². The summed E-state index contributed by atoms with van der Waals surface area (Å²) in [6.07, 6.45) is 10.8. The van der Waals surface area contributed by atoms with Gasteiger partial charge in [0.25, 0.3) is 0 Å². The van der Waals surface area contributed by atoms with Crippen molar-refractivity contribution in [3.8, 4) is 0 Å². The van der Waals surface area contributed by atoms with Crippen LogP contribution < -0.4 is 10.7 Å². The van der Waals surface area contributed by atoms with Crippen molar-refractivity contribution in [1.82, 2.24) is 15.8 Å². The average Bonchev–Trinajstić information content (AvgIpc) is 3.20. The van der Waals surface area contributed by atoms with E-state index in [0.29, 0.717) is 23.9 Å². The Kier molecular flexibility index (Phi) is 6.40. The van der Waals surface area contributed by atoms with Crippen LogP contribution >= 0.6 is 11.8 Å². The number of carbonyl (C=O) groups excluding carboxylic acids is 1. The number of thioether (sulfide) groups is 1. The lowest BCUT2D eigenvalue weighted by atomic mass is 9.80. The first-order chi connectivity index (χ1) is 13.0. The largest absolute Gasteiger partial charge is 0.350 e. The number of hydrogen-bond donors (Lipinski definition) is 2. The molecule has 5 heteroatoms. The second-order valence-electron chi connectivity index (χ2n) is 9.79. The smallest absolute Gasteiger partial charge is 0.224 e. The second kappa shape index (κ2) is 8.62. The zero-order valence-corrected chi connectivity index (χ0v) is 18.3. The first-order valence-corrected chi connectivity index (χ1v) is 12.5. The van der Waals surface area contributed by atoms with E-state index >= 15 is 0 Å². The molecular weight excluding hydrogens is 354 g/mol. The molecule has 0 bridgehead atoms. The maximum absolute atomic E-state index is 13.1. The number of fused-ring (bicyclic) bond motifs is 1. The van der Waals surface area contributed by atoms with Gasteiger partial charge in [0.15, 0.2) is 0 Å². The monoisotopic (exact) mass is 393 g/mol. The Labute approximate surface area is 169 Å². The molecule has 0 radical (unpaired) electrons. The Bertz CT molecular complexity index is 530. The van der Waals surface area contributed by atoms with Crippen molar-refractivity contribution in [3.05, 3.63) is 0 Å². The van der Waals surface area contributed by atoms with Crippen molar-refractivity contribution in [3.63, 3.8) is 0 Å². The SMILES string of the molecule is CC1CCCCC1CN1NC(C)C(NC(=O)C2CSC3CCCCC32)C1C. The van der Waals surface area contributed by atoms with Crippen molar-refractivity contribution in [1.29, 1.82) is 0 Å². The lowest BCUT2D eigenvalue weighted by molar-refractivity contribution is -0.126. The van der Waals surface area contributed by atoms with Gasteiger partial charge in [0, 0.05) is 29.6 Å². The Hall–Kier alpha value is -0.260. The number of carbonyl (C=O) groups is 1. The fourth-order valence-corrected chi connectivity index (χ4v) is 7.90. The highest BCUT2D eigenvalue weighted by Crippen LogP contribution is 2.45. The number of nitrogens with zero attached hydrogens (tertiary/aromatic N) is 1. The molecule has 4 fully saturated rings. The molecule has 2 aliphatic carbocycles. The minimum Gasteiger partial charge on any atom is -0.350 e. The van der Waals surface area contributed by atoms with E-state index in [1.165, 1.54) is 51.4 Å². The molecule has 2 saturated heterocycles. The molecule has 2 N–H and O–H groups in total. The Morgan fingerprint density at radius 1 is 1.07 bits per heavy atom. The maximum Gasteiger partial charge on any atom is 0.224 e. The van der Waals surface area contributed by atoms with Gasteiger partial charge in [-0.3, -0.25) is 4.79 Å². The number of amides is 1. The molecule has 1 amide bonds. The Morgan fingerprint density at radius 2 is 1.81 bits per heavy atom. The summed E-state index contributed by atoms with van der Waals surface area (Å²) in [5, 5.41) is 6.66. The second-order valence-corrected chi connectivity index (χ2v) is 11.1. The van der Waals surface area contributed by atoms with Crippen LogP contribution in [0.2, 0.25) is 0 Å². The first kappa shape index (κ1) is 20.0. The van der Waals surface area contributed by atoms with Crippen LogP contribution in [0.1, 0.15) is 72.1 Å². The highest BCUT2D eigenvalue weighted by Gasteiger charge is 2.44. The molecule has 2 aliphatic heterocycles.